The molecule has 1 atom stereocenters. The van der Waals surface area contributed by atoms with Crippen LogP contribution in [0.2, 0.25) is 0 Å². The SMILES string of the molecule is Cn1nc(C(=O)NNC(=O)C2CC=CCC2)c2ccccc2c1=O. The molecule has 1 aliphatic carbocycles. The van der Waals surface area contributed by atoms with Crippen LogP contribution in [0.25, 0.3) is 10.8 Å². The Morgan fingerprint density at radius 1 is 1.17 bits per heavy atom. The van der Waals surface area contributed by atoms with E-state index in [0.717, 1.165) is 17.5 Å². The van der Waals surface area contributed by atoms with E-state index in [2.05, 4.69) is 16.0 Å². The number of nitrogens with zero attached hydrogens (tertiary/aromatic N) is 2. The molecule has 2 amide bonds. The van der Waals surface area contributed by atoms with Crippen molar-refractivity contribution in [3.05, 3.63) is 52.5 Å². The Morgan fingerprint density at radius 2 is 1.92 bits per heavy atom. The molecule has 1 aromatic carbocycles. The molecule has 0 aliphatic heterocycles. The second-order valence-electron chi connectivity index (χ2n) is 5.75. The molecule has 1 aromatic heterocycles. The molecule has 0 bridgehead atoms. The summed E-state index contributed by atoms with van der Waals surface area (Å²) in [6, 6.07) is 6.76. The Balaban J connectivity index is 1.79. The van der Waals surface area contributed by atoms with Crippen LogP contribution in [0.3, 0.4) is 0 Å². The van der Waals surface area contributed by atoms with Crippen LogP contribution in [-0.4, -0.2) is 21.6 Å². The highest BCUT2D eigenvalue weighted by Gasteiger charge is 2.20. The van der Waals surface area contributed by atoms with Gasteiger partial charge in [0.25, 0.3) is 11.5 Å². The lowest BCUT2D eigenvalue weighted by Crippen LogP contribution is -2.45. The average molecular weight is 326 g/mol. The van der Waals surface area contributed by atoms with E-state index in [-0.39, 0.29) is 23.1 Å². The van der Waals surface area contributed by atoms with E-state index in [1.165, 1.54) is 7.05 Å². The Kier molecular flexibility index (Phi) is 4.41. The molecule has 7 nitrogen and oxygen atoms in total. The van der Waals surface area contributed by atoms with E-state index in [1.54, 1.807) is 24.3 Å². The first-order valence-corrected chi connectivity index (χ1v) is 7.79. The number of aryl methyl sites for hydroxylation is 1. The van der Waals surface area contributed by atoms with Crippen molar-refractivity contribution < 1.29 is 9.59 Å². The first kappa shape index (κ1) is 15.9. The van der Waals surface area contributed by atoms with Gasteiger partial charge in [0, 0.05) is 18.4 Å². The van der Waals surface area contributed by atoms with Crippen LogP contribution in [0.4, 0.5) is 0 Å². The van der Waals surface area contributed by atoms with E-state index in [1.807, 2.05) is 12.2 Å². The first-order valence-electron chi connectivity index (χ1n) is 7.79. The van der Waals surface area contributed by atoms with Crippen molar-refractivity contribution in [1.29, 1.82) is 0 Å². The highest BCUT2D eigenvalue weighted by atomic mass is 16.2. The van der Waals surface area contributed by atoms with Crippen molar-refractivity contribution >= 4 is 22.6 Å². The number of fused-ring (bicyclic) bond motifs is 1. The third-order valence-corrected chi connectivity index (χ3v) is 4.11. The van der Waals surface area contributed by atoms with Crippen molar-refractivity contribution in [2.24, 2.45) is 13.0 Å². The van der Waals surface area contributed by atoms with Gasteiger partial charge in [-0.15, -0.1) is 0 Å². The van der Waals surface area contributed by atoms with Crippen LogP contribution in [0, 0.1) is 5.92 Å². The molecular weight excluding hydrogens is 308 g/mol. The van der Waals surface area contributed by atoms with Crippen LogP contribution in [-0.2, 0) is 11.8 Å². The minimum absolute atomic E-state index is 0.0940. The lowest BCUT2D eigenvalue weighted by Gasteiger charge is -2.17. The van der Waals surface area contributed by atoms with E-state index < -0.39 is 5.91 Å². The zero-order chi connectivity index (χ0) is 17.1. The fourth-order valence-electron chi connectivity index (χ4n) is 2.78. The number of carbonyl (C=O) groups excluding carboxylic acids is 2. The largest absolute Gasteiger partial charge is 0.290 e. The molecule has 1 heterocycles. The summed E-state index contributed by atoms with van der Waals surface area (Å²) < 4.78 is 1.12. The average Bonchev–Trinajstić information content (AvgIpc) is 2.63. The maximum Gasteiger partial charge on any atom is 0.290 e. The molecule has 7 heteroatoms. The number of nitrogens with one attached hydrogen (secondary N) is 2. The van der Waals surface area contributed by atoms with E-state index in [9.17, 15) is 14.4 Å². The lowest BCUT2D eigenvalue weighted by molar-refractivity contribution is -0.126. The number of amides is 2. The van der Waals surface area contributed by atoms with Gasteiger partial charge in [-0.05, 0) is 25.3 Å². The molecule has 1 aliphatic rings. The first-order chi connectivity index (χ1) is 11.6. The van der Waals surface area contributed by atoms with Gasteiger partial charge >= 0.3 is 0 Å². The van der Waals surface area contributed by atoms with Crippen molar-refractivity contribution in [1.82, 2.24) is 20.6 Å². The third-order valence-electron chi connectivity index (χ3n) is 4.11. The molecule has 2 N–H and O–H groups in total. The lowest BCUT2D eigenvalue weighted by atomic mass is 9.94. The van der Waals surface area contributed by atoms with E-state index >= 15 is 0 Å². The van der Waals surface area contributed by atoms with Gasteiger partial charge in [0.2, 0.25) is 5.91 Å². The number of carbonyl (C=O) groups is 2. The van der Waals surface area contributed by atoms with Crippen LogP contribution < -0.4 is 16.4 Å². The standard InChI is InChI=1S/C17H18N4O3/c1-21-17(24)13-10-6-5-9-12(13)14(20-21)16(23)19-18-15(22)11-7-3-2-4-8-11/h2-3,5-6,9-11H,4,7-8H2,1H3,(H,18,22)(H,19,23). The molecule has 0 fully saturated rings. The van der Waals surface area contributed by atoms with Crippen molar-refractivity contribution in [2.75, 3.05) is 0 Å². The number of hydrogen-bond acceptors (Lipinski definition) is 4. The molecule has 24 heavy (non-hydrogen) atoms. The summed E-state index contributed by atoms with van der Waals surface area (Å²) in [5.41, 5.74) is 4.66. The Hall–Kier alpha value is -2.96. The molecule has 2 aromatic rings. The Morgan fingerprint density at radius 3 is 2.62 bits per heavy atom. The second kappa shape index (κ2) is 6.66. The summed E-state index contributed by atoms with van der Waals surface area (Å²) in [4.78, 5) is 36.5. The number of allylic oxidation sites excluding steroid dienone is 2. The summed E-state index contributed by atoms with van der Waals surface area (Å²) in [7, 11) is 1.48. The number of aromatic nitrogens is 2. The molecule has 3 rings (SSSR count). The Labute approximate surface area is 138 Å². The minimum atomic E-state index is -0.554. The van der Waals surface area contributed by atoms with Gasteiger partial charge < -0.3 is 0 Å². The highest BCUT2D eigenvalue weighted by molar-refractivity contribution is 6.05. The molecule has 0 radical (unpaired) electrons. The smallest absolute Gasteiger partial charge is 0.273 e. The molecule has 124 valence electrons. The summed E-state index contributed by atoms with van der Waals surface area (Å²) in [6.45, 7) is 0. The zero-order valence-corrected chi connectivity index (χ0v) is 13.3. The van der Waals surface area contributed by atoms with Gasteiger partial charge in [0.15, 0.2) is 5.69 Å². The van der Waals surface area contributed by atoms with Gasteiger partial charge in [-0.1, -0.05) is 30.4 Å². The van der Waals surface area contributed by atoms with Crippen molar-refractivity contribution in [2.45, 2.75) is 19.3 Å². The summed E-state index contributed by atoms with van der Waals surface area (Å²) in [5.74, 6) is -0.913. The Bertz CT molecular complexity index is 885. The van der Waals surface area contributed by atoms with Gasteiger partial charge in [-0.3, -0.25) is 25.2 Å². The normalized spacial score (nSPS) is 16.8. The quantitative estimate of drug-likeness (QED) is 0.637. The number of rotatable bonds is 2. The third kappa shape index (κ3) is 3.05. The number of hydrazine groups is 1. The highest BCUT2D eigenvalue weighted by Crippen LogP contribution is 2.17. The predicted molar refractivity (Wildman–Crippen MR) is 89.1 cm³/mol. The summed E-state index contributed by atoms with van der Waals surface area (Å²) >= 11 is 0. The monoisotopic (exact) mass is 326 g/mol. The summed E-state index contributed by atoms with van der Waals surface area (Å²) in [6.07, 6.45) is 6.31. The van der Waals surface area contributed by atoms with Gasteiger partial charge in [0.1, 0.15) is 0 Å². The van der Waals surface area contributed by atoms with Crippen LogP contribution in [0.1, 0.15) is 29.8 Å². The topological polar surface area (TPSA) is 93.1 Å². The maximum atomic E-state index is 12.4. The summed E-state index contributed by atoms with van der Waals surface area (Å²) in [5, 5.41) is 4.88. The number of hydrogen-bond donors (Lipinski definition) is 2. The van der Waals surface area contributed by atoms with Gasteiger partial charge in [-0.2, -0.15) is 5.10 Å². The van der Waals surface area contributed by atoms with E-state index in [4.69, 9.17) is 0 Å². The van der Waals surface area contributed by atoms with Crippen molar-refractivity contribution in [3.63, 3.8) is 0 Å². The van der Waals surface area contributed by atoms with Crippen LogP contribution in [0.5, 0.6) is 0 Å². The molecule has 0 saturated carbocycles. The van der Waals surface area contributed by atoms with E-state index in [0.29, 0.717) is 17.2 Å². The fraction of sp³-hybridized carbons (Fsp3) is 0.294. The minimum Gasteiger partial charge on any atom is -0.273 e. The predicted octanol–water partition coefficient (Wildman–Crippen LogP) is 1.05. The molecular formula is C17H18N4O3. The van der Waals surface area contributed by atoms with Crippen LogP contribution in [0.15, 0.2) is 41.2 Å². The molecule has 1 unspecified atom stereocenters. The van der Waals surface area contributed by atoms with Gasteiger partial charge in [-0.25, -0.2) is 4.68 Å². The van der Waals surface area contributed by atoms with Gasteiger partial charge in [0.05, 0.1) is 5.39 Å². The van der Waals surface area contributed by atoms with Crippen molar-refractivity contribution in [3.8, 4) is 0 Å². The fourth-order valence-corrected chi connectivity index (χ4v) is 2.78. The maximum absolute atomic E-state index is 12.4. The molecule has 0 spiro atoms. The zero-order valence-electron chi connectivity index (χ0n) is 13.3. The van der Waals surface area contributed by atoms with Crippen LogP contribution >= 0.6 is 0 Å². The molecule has 0 saturated heterocycles. The number of benzene rings is 1. The second-order valence-corrected chi connectivity index (χ2v) is 5.75.